The van der Waals surface area contributed by atoms with E-state index in [1.807, 2.05) is 58.3 Å². The Labute approximate surface area is 289 Å². The summed E-state index contributed by atoms with van der Waals surface area (Å²) in [7, 11) is 9.56. The number of carbonyl (C=O) groups excluding carboxylic acids is 1. The van der Waals surface area contributed by atoms with Gasteiger partial charge in [-0.1, -0.05) is 37.6 Å². The number of anilines is 1. The van der Waals surface area contributed by atoms with Crippen LogP contribution in [0, 0.1) is 5.92 Å². The fourth-order valence-corrected chi connectivity index (χ4v) is 6.93. The Hall–Kier alpha value is -4.48. The zero-order valence-corrected chi connectivity index (χ0v) is 29.5. The van der Waals surface area contributed by atoms with E-state index in [0.29, 0.717) is 48.3 Å². The van der Waals surface area contributed by atoms with Crippen LogP contribution in [0.1, 0.15) is 43.2 Å². The molecule has 0 saturated carbocycles. The van der Waals surface area contributed by atoms with Gasteiger partial charge >= 0.3 is 5.97 Å². The number of methoxy groups -OCH3 is 2. The van der Waals surface area contributed by atoms with Crippen LogP contribution in [-0.4, -0.2) is 101 Å². The fourth-order valence-electron chi connectivity index (χ4n) is 6.93. The molecule has 1 unspecified atom stereocenters. The lowest BCUT2D eigenvalue weighted by molar-refractivity contribution is -0.884. The van der Waals surface area contributed by atoms with E-state index in [0.717, 1.165) is 40.7 Å². The van der Waals surface area contributed by atoms with Crippen LogP contribution in [0.4, 0.5) is 5.69 Å². The minimum Gasteiger partial charge on any atom is -0.493 e. The van der Waals surface area contributed by atoms with Crippen molar-refractivity contribution < 1.29 is 42.9 Å². The van der Waals surface area contributed by atoms with E-state index >= 15 is 0 Å². The van der Waals surface area contributed by atoms with Gasteiger partial charge in [0.05, 0.1) is 54.4 Å². The van der Waals surface area contributed by atoms with E-state index in [-0.39, 0.29) is 25.9 Å². The number of aliphatic carboxylic acids is 1. The third-order valence-corrected chi connectivity index (χ3v) is 9.14. The highest BCUT2D eigenvalue weighted by atomic mass is 16.7. The zero-order chi connectivity index (χ0) is 35.1. The number of hydrogen-bond acceptors (Lipinski definition) is 8. The molecule has 3 aromatic carbocycles. The maximum atomic E-state index is 14.3. The molecule has 2 aliphatic heterocycles. The summed E-state index contributed by atoms with van der Waals surface area (Å²) in [5.74, 6) is 0.410. The van der Waals surface area contributed by atoms with Crippen molar-refractivity contribution in [1.29, 1.82) is 0 Å². The van der Waals surface area contributed by atoms with Gasteiger partial charge in [-0.3, -0.25) is 14.5 Å². The maximum absolute atomic E-state index is 14.3. The molecular weight excluding hydrogens is 626 g/mol. The highest BCUT2D eigenvalue weighted by Gasteiger charge is 2.47. The number of hydrogen-bond donors (Lipinski definition) is 1. The number of fused-ring (bicyclic) bond motifs is 1. The van der Waals surface area contributed by atoms with Crippen LogP contribution in [0.5, 0.6) is 28.7 Å². The van der Waals surface area contributed by atoms with Crippen LogP contribution in [0.25, 0.3) is 0 Å². The Morgan fingerprint density at radius 2 is 1.73 bits per heavy atom. The number of unbranched alkanes of at least 4 members (excludes halogenated alkanes) is 1. The average Bonchev–Trinajstić information content (AvgIpc) is 3.69. The third-order valence-electron chi connectivity index (χ3n) is 9.14. The number of quaternary nitrogens is 1. The topological polar surface area (TPSA) is 107 Å². The molecule has 0 aliphatic carbocycles. The molecule has 49 heavy (non-hydrogen) atoms. The van der Waals surface area contributed by atoms with Crippen LogP contribution in [-0.2, 0) is 16.1 Å². The van der Waals surface area contributed by atoms with E-state index < -0.39 is 23.8 Å². The molecule has 3 aromatic rings. The van der Waals surface area contributed by atoms with E-state index in [1.54, 1.807) is 14.2 Å². The van der Waals surface area contributed by atoms with E-state index in [4.69, 9.17) is 23.7 Å². The standard InChI is InChI=1S/C38H49N3O8/c1-7-8-17-40(28-13-11-12-26(19-28)24-41(2,3)4)35(42)23-39-22-29(27-20-33(46-6)37-34(21-27)48-25-49-37)36(38(43)44)30(39)16-18-47-32-15-10-9-14-31(32)45-5/h9-15,19-21,29-30,36H,7-8,16-18,22-25H2,1-6H3/p+1/t29-,30+,36?/m1/s1. The second kappa shape index (κ2) is 15.8. The number of carbonyl (C=O) groups is 2. The molecule has 1 N–H and O–H groups in total. The van der Waals surface area contributed by atoms with Crippen molar-refractivity contribution in [2.24, 2.45) is 5.92 Å². The number of carboxylic acids is 1. The number of likely N-dealkylation sites (tertiary alicyclic amines) is 1. The highest BCUT2D eigenvalue weighted by Crippen LogP contribution is 2.47. The molecule has 1 saturated heterocycles. The summed E-state index contributed by atoms with van der Waals surface area (Å²) >= 11 is 0. The number of para-hydroxylation sites is 2. The van der Waals surface area contributed by atoms with Gasteiger partial charge in [0.2, 0.25) is 18.4 Å². The molecular formula is C38H50N3O8+. The molecule has 1 fully saturated rings. The molecule has 0 radical (unpaired) electrons. The lowest BCUT2D eigenvalue weighted by Gasteiger charge is -2.30. The first kappa shape index (κ1) is 35.8. The molecule has 0 spiro atoms. The number of carboxylic acid groups (broad SMARTS) is 1. The highest BCUT2D eigenvalue weighted by molar-refractivity contribution is 5.95. The van der Waals surface area contributed by atoms with Crippen LogP contribution in [0.2, 0.25) is 0 Å². The third kappa shape index (κ3) is 8.58. The number of rotatable bonds is 16. The van der Waals surface area contributed by atoms with E-state index in [9.17, 15) is 14.7 Å². The van der Waals surface area contributed by atoms with E-state index in [1.165, 1.54) is 0 Å². The second-order valence-electron chi connectivity index (χ2n) is 13.7. The molecule has 5 rings (SSSR count). The van der Waals surface area contributed by atoms with Crippen LogP contribution in [0.3, 0.4) is 0 Å². The maximum Gasteiger partial charge on any atom is 0.308 e. The zero-order valence-electron chi connectivity index (χ0n) is 29.5. The minimum atomic E-state index is -0.935. The van der Waals surface area contributed by atoms with Crippen molar-refractivity contribution in [2.45, 2.75) is 44.7 Å². The van der Waals surface area contributed by atoms with Gasteiger partial charge in [-0.25, -0.2) is 0 Å². The largest absolute Gasteiger partial charge is 0.493 e. The first-order chi connectivity index (χ1) is 23.5. The van der Waals surface area contributed by atoms with Crippen LogP contribution >= 0.6 is 0 Å². The molecule has 2 heterocycles. The van der Waals surface area contributed by atoms with Gasteiger partial charge in [-0.15, -0.1) is 0 Å². The van der Waals surface area contributed by atoms with Crippen molar-refractivity contribution in [2.75, 3.05) is 73.3 Å². The van der Waals surface area contributed by atoms with Gasteiger partial charge in [0, 0.05) is 36.3 Å². The monoisotopic (exact) mass is 676 g/mol. The molecule has 11 heteroatoms. The smallest absolute Gasteiger partial charge is 0.308 e. The summed E-state index contributed by atoms with van der Waals surface area (Å²) in [4.78, 5) is 31.3. The summed E-state index contributed by atoms with van der Waals surface area (Å²) in [6.07, 6.45) is 2.16. The van der Waals surface area contributed by atoms with Gasteiger partial charge in [-0.2, -0.15) is 0 Å². The van der Waals surface area contributed by atoms with Gasteiger partial charge in [0.1, 0.15) is 6.54 Å². The Morgan fingerprint density at radius 1 is 0.980 bits per heavy atom. The Morgan fingerprint density at radius 3 is 2.43 bits per heavy atom. The number of ether oxygens (including phenoxy) is 5. The van der Waals surface area contributed by atoms with Crippen molar-refractivity contribution in [3.05, 3.63) is 71.8 Å². The number of nitrogens with zero attached hydrogens (tertiary/aromatic N) is 3. The quantitative estimate of drug-likeness (QED) is 0.200. The predicted octanol–water partition coefficient (Wildman–Crippen LogP) is 5.41. The molecule has 3 atom stereocenters. The first-order valence-electron chi connectivity index (χ1n) is 16.9. The normalized spacial score (nSPS) is 18.7. The second-order valence-corrected chi connectivity index (χ2v) is 13.7. The Bertz CT molecular complexity index is 1610. The summed E-state index contributed by atoms with van der Waals surface area (Å²) in [6.45, 7) is 4.22. The Balaban J connectivity index is 1.46. The Kier molecular flexibility index (Phi) is 11.6. The average molecular weight is 677 g/mol. The molecule has 1 amide bonds. The lowest BCUT2D eigenvalue weighted by atomic mass is 9.84. The van der Waals surface area contributed by atoms with E-state index in [2.05, 4.69) is 40.2 Å². The summed E-state index contributed by atoms with van der Waals surface area (Å²) in [5.41, 5.74) is 2.76. The summed E-state index contributed by atoms with van der Waals surface area (Å²) < 4.78 is 29.3. The SMILES string of the molecule is CCCCN(C(=O)CN1C[C@H](c2cc(OC)c3c(c2)OCO3)C(C(=O)O)[C@@H]1CCOc1ccccc1OC)c1cccc(C[N+](C)(C)C)c1. The van der Waals surface area contributed by atoms with Crippen LogP contribution in [0.15, 0.2) is 60.7 Å². The summed E-state index contributed by atoms with van der Waals surface area (Å²) in [5, 5.41) is 10.7. The first-order valence-corrected chi connectivity index (χ1v) is 16.9. The summed E-state index contributed by atoms with van der Waals surface area (Å²) in [6, 6.07) is 18.7. The molecule has 264 valence electrons. The molecule has 0 bridgehead atoms. The fraction of sp³-hybridized carbons (Fsp3) is 0.474. The van der Waals surface area contributed by atoms with Crippen molar-refractivity contribution >= 4 is 17.6 Å². The van der Waals surface area contributed by atoms with Crippen molar-refractivity contribution in [3.8, 4) is 28.7 Å². The van der Waals surface area contributed by atoms with Gasteiger partial charge in [-0.05, 0) is 54.8 Å². The minimum absolute atomic E-state index is 0.0601. The molecule has 2 aliphatic rings. The van der Waals surface area contributed by atoms with Crippen molar-refractivity contribution in [3.63, 3.8) is 0 Å². The molecule has 11 nitrogen and oxygen atoms in total. The van der Waals surface area contributed by atoms with Crippen molar-refractivity contribution in [1.82, 2.24) is 4.90 Å². The number of benzene rings is 3. The van der Waals surface area contributed by atoms with Gasteiger partial charge in [0.15, 0.2) is 23.0 Å². The van der Waals surface area contributed by atoms with Crippen LogP contribution < -0.4 is 28.6 Å². The molecule has 0 aromatic heterocycles. The number of amides is 1. The van der Waals surface area contributed by atoms with Gasteiger partial charge < -0.3 is 38.2 Å². The lowest BCUT2D eigenvalue weighted by Crippen LogP contribution is -2.45. The van der Waals surface area contributed by atoms with Gasteiger partial charge in [0.25, 0.3) is 0 Å². The predicted molar refractivity (Wildman–Crippen MR) is 187 cm³/mol.